The van der Waals surface area contributed by atoms with E-state index < -0.39 is 5.97 Å². The van der Waals surface area contributed by atoms with Crippen molar-refractivity contribution in [2.24, 2.45) is 0 Å². The molecule has 0 radical (unpaired) electrons. The Kier molecular flexibility index (Phi) is 4.98. The summed E-state index contributed by atoms with van der Waals surface area (Å²) in [6, 6.07) is 9.57. The fourth-order valence-electron chi connectivity index (χ4n) is 1.68. The van der Waals surface area contributed by atoms with Gasteiger partial charge in [-0.05, 0) is 40.2 Å². The lowest BCUT2D eigenvalue weighted by Gasteiger charge is -2.12. The van der Waals surface area contributed by atoms with E-state index in [1.54, 1.807) is 24.3 Å². The van der Waals surface area contributed by atoms with Gasteiger partial charge in [0.2, 0.25) is 0 Å². The van der Waals surface area contributed by atoms with Crippen LogP contribution >= 0.6 is 27.5 Å². The summed E-state index contributed by atoms with van der Waals surface area (Å²) in [5.41, 5.74) is 0.642. The van der Waals surface area contributed by atoms with Crippen LogP contribution in [0.3, 0.4) is 0 Å². The maximum atomic E-state index is 12.2. The number of aldehydes is 1. The zero-order valence-electron chi connectivity index (χ0n) is 10.9. The predicted octanol–water partition coefficient (Wildman–Crippen LogP) is 4.14. The number of rotatable bonds is 4. The van der Waals surface area contributed by atoms with Crippen LogP contribution < -0.4 is 9.47 Å². The zero-order valence-corrected chi connectivity index (χ0v) is 13.3. The molecule has 0 amide bonds. The number of hydrogen-bond donors (Lipinski definition) is 0. The van der Waals surface area contributed by atoms with Gasteiger partial charge in [-0.2, -0.15) is 0 Å². The molecular weight excluding hydrogens is 360 g/mol. The molecule has 6 heteroatoms. The van der Waals surface area contributed by atoms with E-state index in [9.17, 15) is 9.59 Å². The average Bonchev–Trinajstić information content (AvgIpc) is 2.49. The second-order valence-electron chi connectivity index (χ2n) is 4.02. The van der Waals surface area contributed by atoms with E-state index in [0.717, 1.165) is 0 Å². The molecule has 2 rings (SSSR count). The van der Waals surface area contributed by atoms with Crippen molar-refractivity contribution in [3.8, 4) is 11.5 Å². The minimum atomic E-state index is -0.613. The molecule has 0 spiro atoms. The first-order valence-corrected chi connectivity index (χ1v) is 7.03. The van der Waals surface area contributed by atoms with Crippen molar-refractivity contribution in [2.75, 3.05) is 7.11 Å². The summed E-state index contributed by atoms with van der Waals surface area (Å²) in [4.78, 5) is 23.0. The second kappa shape index (κ2) is 6.74. The Morgan fingerprint density at radius 2 is 2.00 bits per heavy atom. The van der Waals surface area contributed by atoms with Gasteiger partial charge in [-0.3, -0.25) is 4.79 Å². The molecule has 0 heterocycles. The highest BCUT2D eigenvalue weighted by molar-refractivity contribution is 9.10. The average molecular weight is 370 g/mol. The van der Waals surface area contributed by atoms with Crippen molar-refractivity contribution < 1.29 is 19.1 Å². The van der Waals surface area contributed by atoms with Gasteiger partial charge >= 0.3 is 5.97 Å². The number of ether oxygens (including phenoxy) is 2. The van der Waals surface area contributed by atoms with Gasteiger partial charge in [0.15, 0.2) is 11.5 Å². The Hall–Kier alpha value is -1.85. The minimum Gasteiger partial charge on any atom is -0.493 e. The molecule has 0 atom stereocenters. The molecule has 0 aliphatic heterocycles. The van der Waals surface area contributed by atoms with Crippen LogP contribution in [0.1, 0.15) is 20.7 Å². The van der Waals surface area contributed by atoms with Crippen LogP contribution in [-0.4, -0.2) is 19.4 Å². The molecule has 108 valence electrons. The van der Waals surface area contributed by atoms with Crippen molar-refractivity contribution in [1.29, 1.82) is 0 Å². The lowest BCUT2D eigenvalue weighted by Crippen LogP contribution is -2.10. The SMILES string of the molecule is COc1cc(C=O)cc(Br)c1OC(=O)c1ccccc1Cl. The monoisotopic (exact) mass is 368 g/mol. The van der Waals surface area contributed by atoms with Gasteiger partial charge in [0, 0.05) is 5.56 Å². The molecule has 4 nitrogen and oxygen atoms in total. The van der Waals surface area contributed by atoms with Crippen LogP contribution in [0.2, 0.25) is 5.02 Å². The summed E-state index contributed by atoms with van der Waals surface area (Å²) in [5.74, 6) is -0.154. The highest BCUT2D eigenvalue weighted by Gasteiger charge is 2.18. The van der Waals surface area contributed by atoms with E-state index in [-0.39, 0.29) is 17.1 Å². The molecule has 0 aliphatic carbocycles. The fraction of sp³-hybridized carbons (Fsp3) is 0.0667. The number of hydrogen-bond acceptors (Lipinski definition) is 4. The molecule has 0 N–H and O–H groups in total. The first kappa shape index (κ1) is 15.5. The molecule has 0 fully saturated rings. The number of carbonyl (C=O) groups is 2. The highest BCUT2D eigenvalue weighted by atomic mass is 79.9. The number of carbonyl (C=O) groups excluding carboxylic acids is 2. The van der Waals surface area contributed by atoms with Crippen LogP contribution in [0, 0.1) is 0 Å². The molecule has 2 aromatic carbocycles. The van der Waals surface area contributed by atoms with E-state index in [4.69, 9.17) is 21.1 Å². The summed E-state index contributed by atoms with van der Waals surface area (Å²) in [7, 11) is 1.42. The molecule has 21 heavy (non-hydrogen) atoms. The van der Waals surface area contributed by atoms with E-state index in [2.05, 4.69) is 15.9 Å². The van der Waals surface area contributed by atoms with E-state index >= 15 is 0 Å². The maximum absolute atomic E-state index is 12.2. The molecule has 0 saturated carbocycles. The van der Waals surface area contributed by atoms with Crippen molar-refractivity contribution in [3.05, 3.63) is 57.0 Å². The normalized spacial score (nSPS) is 10.0. The standard InChI is InChI=1S/C15H10BrClO4/c1-20-13-7-9(8-18)6-11(16)14(13)21-15(19)10-4-2-3-5-12(10)17/h2-8H,1H3. The zero-order chi connectivity index (χ0) is 15.4. The first-order chi connectivity index (χ1) is 10.1. The maximum Gasteiger partial charge on any atom is 0.345 e. The summed E-state index contributed by atoms with van der Waals surface area (Å²) in [6.07, 6.45) is 0.674. The fourth-order valence-corrected chi connectivity index (χ4v) is 2.43. The predicted molar refractivity (Wildman–Crippen MR) is 82.5 cm³/mol. The van der Waals surface area contributed by atoms with E-state index in [1.807, 2.05) is 0 Å². The summed E-state index contributed by atoms with van der Waals surface area (Å²) in [6.45, 7) is 0. The third-order valence-corrected chi connectivity index (χ3v) is 3.60. The van der Waals surface area contributed by atoms with Gasteiger partial charge < -0.3 is 9.47 Å². The van der Waals surface area contributed by atoms with Crippen molar-refractivity contribution >= 4 is 39.8 Å². The van der Waals surface area contributed by atoms with Gasteiger partial charge in [-0.25, -0.2) is 4.79 Å². The molecule has 2 aromatic rings. The van der Waals surface area contributed by atoms with Gasteiger partial charge in [-0.15, -0.1) is 0 Å². The summed E-state index contributed by atoms with van der Waals surface area (Å²) >= 11 is 9.21. The molecule has 0 aromatic heterocycles. The number of esters is 1. The Morgan fingerprint density at radius 1 is 1.29 bits per heavy atom. The Balaban J connectivity index is 2.38. The largest absolute Gasteiger partial charge is 0.493 e. The summed E-state index contributed by atoms with van der Waals surface area (Å²) < 4.78 is 10.9. The van der Waals surface area contributed by atoms with Crippen molar-refractivity contribution in [3.63, 3.8) is 0 Å². The second-order valence-corrected chi connectivity index (χ2v) is 5.28. The van der Waals surface area contributed by atoms with E-state index in [1.165, 1.54) is 19.2 Å². The van der Waals surface area contributed by atoms with Crippen molar-refractivity contribution in [1.82, 2.24) is 0 Å². The van der Waals surface area contributed by atoms with Crippen LogP contribution in [-0.2, 0) is 0 Å². The molecule has 0 saturated heterocycles. The molecule has 0 bridgehead atoms. The highest BCUT2D eigenvalue weighted by Crippen LogP contribution is 2.37. The van der Waals surface area contributed by atoms with Gasteiger partial charge in [0.25, 0.3) is 0 Å². The Labute approximate surface area is 134 Å². The van der Waals surface area contributed by atoms with Crippen LogP contribution in [0.4, 0.5) is 0 Å². The third kappa shape index (κ3) is 3.43. The first-order valence-electron chi connectivity index (χ1n) is 5.86. The Bertz CT molecular complexity index is 700. The molecule has 0 aliphatic rings. The third-order valence-electron chi connectivity index (χ3n) is 2.68. The lowest BCUT2D eigenvalue weighted by molar-refractivity contribution is 0.0728. The van der Waals surface area contributed by atoms with Crippen molar-refractivity contribution in [2.45, 2.75) is 0 Å². The van der Waals surface area contributed by atoms with Gasteiger partial charge in [-0.1, -0.05) is 23.7 Å². The van der Waals surface area contributed by atoms with Crippen LogP contribution in [0.5, 0.6) is 11.5 Å². The van der Waals surface area contributed by atoms with Crippen LogP contribution in [0.25, 0.3) is 0 Å². The topological polar surface area (TPSA) is 52.6 Å². The van der Waals surface area contributed by atoms with E-state index in [0.29, 0.717) is 21.3 Å². The molecule has 0 unspecified atom stereocenters. The van der Waals surface area contributed by atoms with Crippen LogP contribution in [0.15, 0.2) is 40.9 Å². The Morgan fingerprint density at radius 3 is 2.62 bits per heavy atom. The lowest BCUT2D eigenvalue weighted by atomic mass is 10.2. The van der Waals surface area contributed by atoms with Gasteiger partial charge in [0.1, 0.15) is 6.29 Å². The number of halogens is 2. The molecular formula is C15H10BrClO4. The number of benzene rings is 2. The smallest absolute Gasteiger partial charge is 0.345 e. The quantitative estimate of drug-likeness (QED) is 0.462. The van der Waals surface area contributed by atoms with Gasteiger partial charge in [0.05, 0.1) is 22.2 Å². The minimum absolute atomic E-state index is 0.188. The summed E-state index contributed by atoms with van der Waals surface area (Å²) in [5, 5.41) is 0.294. The number of methoxy groups -OCH3 is 1.